The average Bonchev–Trinajstić information content (AvgIpc) is 2.94. The van der Waals surface area contributed by atoms with Crippen LogP contribution in [0.4, 0.5) is 0 Å². The Balaban J connectivity index is 1.84. The summed E-state index contributed by atoms with van der Waals surface area (Å²) in [5, 5.41) is 4.15. The summed E-state index contributed by atoms with van der Waals surface area (Å²) in [7, 11) is 0. The minimum absolute atomic E-state index is 0.372. The second-order valence-electron chi connectivity index (χ2n) is 4.48. The average molecular weight is 260 g/mol. The van der Waals surface area contributed by atoms with E-state index in [-0.39, 0.29) is 0 Å². The number of hydrogen-bond acceptors (Lipinski definition) is 3. The van der Waals surface area contributed by atoms with Gasteiger partial charge in [0.1, 0.15) is 0 Å². The van der Waals surface area contributed by atoms with Crippen LogP contribution in [0.15, 0.2) is 36.7 Å². The molecule has 1 unspecified atom stereocenters. The molecule has 18 heavy (non-hydrogen) atoms. The van der Waals surface area contributed by atoms with Gasteiger partial charge in [-0.25, -0.2) is 0 Å². The lowest BCUT2D eigenvalue weighted by Gasteiger charge is -2.09. The first-order valence-corrected chi connectivity index (χ1v) is 6.52. The Morgan fingerprint density at radius 3 is 2.56 bits per heavy atom. The molecule has 1 fully saturated rings. The van der Waals surface area contributed by atoms with E-state index in [1.165, 1.54) is 6.42 Å². The molecule has 1 aliphatic rings. The number of halogens is 1. The standard InChI is InChI=1S/C14H14ClN3/c15-11-5-3-10(4-6-11)13-8-18-14(9-17-13)12-2-1-7-16-12/h3-6,8-9,12,16H,1-2,7H2. The van der Waals surface area contributed by atoms with Crippen molar-refractivity contribution in [1.82, 2.24) is 15.3 Å². The maximum absolute atomic E-state index is 5.87. The van der Waals surface area contributed by atoms with Crippen molar-refractivity contribution in [3.63, 3.8) is 0 Å². The van der Waals surface area contributed by atoms with Crippen LogP contribution in [-0.2, 0) is 0 Å². The highest BCUT2D eigenvalue weighted by atomic mass is 35.5. The predicted molar refractivity (Wildman–Crippen MR) is 72.5 cm³/mol. The third-order valence-electron chi connectivity index (χ3n) is 3.23. The summed E-state index contributed by atoms with van der Waals surface area (Å²) in [5.74, 6) is 0. The molecule has 3 nitrogen and oxygen atoms in total. The fourth-order valence-corrected chi connectivity index (χ4v) is 2.35. The van der Waals surface area contributed by atoms with Crippen LogP contribution in [0, 0.1) is 0 Å². The number of nitrogens with zero attached hydrogens (tertiary/aromatic N) is 2. The zero-order valence-corrected chi connectivity index (χ0v) is 10.7. The Hall–Kier alpha value is -1.45. The molecule has 1 atom stereocenters. The Morgan fingerprint density at radius 2 is 1.94 bits per heavy atom. The van der Waals surface area contributed by atoms with Crippen molar-refractivity contribution < 1.29 is 0 Å². The maximum atomic E-state index is 5.87. The molecule has 1 aromatic heterocycles. The van der Waals surface area contributed by atoms with Gasteiger partial charge in [0.15, 0.2) is 0 Å². The van der Waals surface area contributed by atoms with Crippen LogP contribution < -0.4 is 5.32 Å². The molecule has 4 heteroatoms. The number of hydrogen-bond donors (Lipinski definition) is 1. The molecule has 1 aliphatic heterocycles. The third-order valence-corrected chi connectivity index (χ3v) is 3.48. The summed E-state index contributed by atoms with van der Waals surface area (Å²) in [6, 6.07) is 8.02. The molecule has 0 bridgehead atoms. The van der Waals surface area contributed by atoms with Crippen molar-refractivity contribution in [1.29, 1.82) is 0 Å². The van der Waals surface area contributed by atoms with E-state index in [9.17, 15) is 0 Å². The smallest absolute Gasteiger partial charge is 0.0885 e. The predicted octanol–water partition coefficient (Wildman–Crippen LogP) is 3.22. The molecule has 0 aliphatic carbocycles. The lowest BCUT2D eigenvalue weighted by atomic mass is 10.1. The summed E-state index contributed by atoms with van der Waals surface area (Å²) in [6.07, 6.45) is 6.06. The summed E-state index contributed by atoms with van der Waals surface area (Å²) in [5.41, 5.74) is 2.96. The Morgan fingerprint density at radius 1 is 1.11 bits per heavy atom. The molecule has 1 N–H and O–H groups in total. The van der Waals surface area contributed by atoms with E-state index in [1.807, 2.05) is 36.7 Å². The van der Waals surface area contributed by atoms with E-state index in [1.54, 1.807) is 0 Å². The molecule has 0 spiro atoms. The first kappa shape index (κ1) is 11.6. The van der Waals surface area contributed by atoms with Gasteiger partial charge in [-0.05, 0) is 31.5 Å². The van der Waals surface area contributed by atoms with Crippen molar-refractivity contribution in [2.24, 2.45) is 0 Å². The summed E-state index contributed by atoms with van der Waals surface area (Å²) in [4.78, 5) is 8.98. The van der Waals surface area contributed by atoms with Gasteiger partial charge in [-0.15, -0.1) is 0 Å². The third kappa shape index (κ3) is 2.37. The topological polar surface area (TPSA) is 37.8 Å². The molecule has 3 rings (SSSR count). The summed E-state index contributed by atoms with van der Waals surface area (Å²) in [6.45, 7) is 1.07. The van der Waals surface area contributed by atoms with E-state index in [2.05, 4.69) is 15.3 Å². The molecule has 2 aromatic rings. The quantitative estimate of drug-likeness (QED) is 0.900. The van der Waals surface area contributed by atoms with E-state index in [4.69, 9.17) is 11.6 Å². The minimum Gasteiger partial charge on any atom is -0.309 e. The monoisotopic (exact) mass is 259 g/mol. The molecule has 0 saturated carbocycles. The van der Waals surface area contributed by atoms with Crippen molar-refractivity contribution in [3.8, 4) is 11.3 Å². The number of rotatable bonds is 2. The van der Waals surface area contributed by atoms with E-state index >= 15 is 0 Å². The zero-order chi connectivity index (χ0) is 12.4. The van der Waals surface area contributed by atoms with E-state index in [0.717, 1.165) is 34.9 Å². The molecule has 0 radical (unpaired) electrons. The second-order valence-corrected chi connectivity index (χ2v) is 4.92. The normalized spacial score (nSPS) is 19.1. The molecular formula is C14H14ClN3. The van der Waals surface area contributed by atoms with Crippen LogP contribution in [0.1, 0.15) is 24.6 Å². The first-order chi connectivity index (χ1) is 8.83. The summed E-state index contributed by atoms with van der Waals surface area (Å²) < 4.78 is 0. The lowest BCUT2D eigenvalue weighted by Crippen LogP contribution is -2.14. The van der Waals surface area contributed by atoms with Gasteiger partial charge in [0.2, 0.25) is 0 Å². The highest BCUT2D eigenvalue weighted by Gasteiger charge is 2.17. The van der Waals surface area contributed by atoms with Crippen LogP contribution in [0.25, 0.3) is 11.3 Å². The van der Waals surface area contributed by atoms with Crippen LogP contribution >= 0.6 is 11.6 Å². The highest BCUT2D eigenvalue weighted by Crippen LogP contribution is 2.23. The first-order valence-electron chi connectivity index (χ1n) is 6.14. The van der Waals surface area contributed by atoms with Crippen molar-refractivity contribution in [2.75, 3.05) is 6.54 Å². The fourth-order valence-electron chi connectivity index (χ4n) is 2.22. The lowest BCUT2D eigenvalue weighted by molar-refractivity contribution is 0.624. The summed E-state index contributed by atoms with van der Waals surface area (Å²) >= 11 is 5.87. The highest BCUT2D eigenvalue weighted by molar-refractivity contribution is 6.30. The second kappa shape index (κ2) is 5.04. The largest absolute Gasteiger partial charge is 0.309 e. The number of nitrogens with one attached hydrogen (secondary N) is 1. The Labute approximate surface area is 111 Å². The van der Waals surface area contributed by atoms with Gasteiger partial charge in [-0.2, -0.15) is 0 Å². The molecule has 1 saturated heterocycles. The van der Waals surface area contributed by atoms with Gasteiger partial charge in [-0.3, -0.25) is 9.97 Å². The fraction of sp³-hybridized carbons (Fsp3) is 0.286. The molecule has 92 valence electrons. The number of benzene rings is 1. The van der Waals surface area contributed by atoms with Crippen molar-refractivity contribution >= 4 is 11.6 Å². The van der Waals surface area contributed by atoms with Gasteiger partial charge in [0.25, 0.3) is 0 Å². The SMILES string of the molecule is Clc1ccc(-c2cnc(C3CCCN3)cn2)cc1. The van der Waals surface area contributed by atoms with Crippen LogP contribution in [0.3, 0.4) is 0 Å². The Kier molecular flexibility index (Phi) is 3.26. The van der Waals surface area contributed by atoms with Gasteiger partial charge >= 0.3 is 0 Å². The number of aromatic nitrogens is 2. The van der Waals surface area contributed by atoms with E-state index in [0.29, 0.717) is 6.04 Å². The molecular weight excluding hydrogens is 246 g/mol. The van der Waals surface area contributed by atoms with Crippen LogP contribution in [0.2, 0.25) is 5.02 Å². The van der Waals surface area contributed by atoms with E-state index < -0.39 is 0 Å². The Bertz CT molecular complexity index is 516. The van der Waals surface area contributed by atoms with Gasteiger partial charge in [0.05, 0.1) is 29.8 Å². The zero-order valence-electron chi connectivity index (χ0n) is 9.94. The van der Waals surface area contributed by atoms with Crippen molar-refractivity contribution in [2.45, 2.75) is 18.9 Å². The van der Waals surface area contributed by atoms with Crippen molar-refractivity contribution in [3.05, 3.63) is 47.4 Å². The molecule has 1 aromatic carbocycles. The van der Waals surface area contributed by atoms with Gasteiger partial charge < -0.3 is 5.32 Å². The maximum Gasteiger partial charge on any atom is 0.0885 e. The van der Waals surface area contributed by atoms with Gasteiger partial charge in [0, 0.05) is 10.6 Å². The van der Waals surface area contributed by atoms with Gasteiger partial charge in [-0.1, -0.05) is 23.7 Å². The molecule has 0 amide bonds. The van der Waals surface area contributed by atoms with Crippen LogP contribution in [0.5, 0.6) is 0 Å². The van der Waals surface area contributed by atoms with Crippen LogP contribution in [-0.4, -0.2) is 16.5 Å². The molecule has 2 heterocycles. The minimum atomic E-state index is 0.372.